The highest BCUT2D eigenvalue weighted by Gasteiger charge is 2.31. The van der Waals surface area contributed by atoms with Crippen LogP contribution in [0.3, 0.4) is 0 Å². The quantitative estimate of drug-likeness (QED) is 0.386. The molecule has 0 atom stereocenters. The lowest BCUT2D eigenvalue weighted by Gasteiger charge is -2.12. The molecule has 0 aliphatic rings. The van der Waals surface area contributed by atoms with E-state index in [9.17, 15) is 28.1 Å². The molecule has 0 fully saturated rings. The van der Waals surface area contributed by atoms with Crippen molar-refractivity contribution < 1.29 is 32.4 Å². The van der Waals surface area contributed by atoms with E-state index in [-0.39, 0.29) is 27.8 Å². The maximum atomic E-state index is 12.7. The zero-order valence-corrected chi connectivity index (χ0v) is 14.6. The number of rotatable bonds is 6. The van der Waals surface area contributed by atoms with Gasteiger partial charge in [0.05, 0.1) is 21.9 Å². The molecule has 0 unspecified atom stereocenters. The molecule has 2 aromatic rings. The monoisotopic (exact) mass is 414 g/mol. The normalized spacial score (nSPS) is 10.8. The van der Waals surface area contributed by atoms with E-state index in [4.69, 9.17) is 21.6 Å². The second-order valence-corrected chi connectivity index (χ2v) is 5.70. The van der Waals surface area contributed by atoms with Crippen LogP contribution >= 0.6 is 11.6 Å². The van der Waals surface area contributed by atoms with Crippen molar-refractivity contribution in [1.29, 1.82) is 5.26 Å². The number of carbonyl (C=O) groups excluding carboxylic acids is 1. The average molecular weight is 415 g/mol. The third kappa shape index (κ3) is 5.34. The second kappa shape index (κ2) is 8.58. The first-order chi connectivity index (χ1) is 13.1. The van der Waals surface area contributed by atoms with E-state index >= 15 is 0 Å². The van der Waals surface area contributed by atoms with Crippen LogP contribution in [0.5, 0.6) is 11.5 Å². The van der Waals surface area contributed by atoms with E-state index < -0.39 is 35.7 Å². The number of nitro groups is 1. The first-order valence-electron chi connectivity index (χ1n) is 7.46. The summed E-state index contributed by atoms with van der Waals surface area (Å²) in [7, 11) is 0. The molecular weight excluding hydrogens is 405 g/mol. The van der Waals surface area contributed by atoms with Gasteiger partial charge in [-0.25, -0.2) is 0 Å². The summed E-state index contributed by atoms with van der Waals surface area (Å²) in [5.41, 5.74) is -1.41. The first kappa shape index (κ1) is 21.0. The standard InChI is InChI=1S/C17H10ClF3N2O5/c18-13-9-11(17(19,20)21)1-4-15(13)28-12-2-3-14(23(25)26)10(7-12)8-16(24)27-6-5-22/h1-4,7,9H,6,8H2. The Bertz CT molecular complexity index is 957. The van der Waals surface area contributed by atoms with Crippen molar-refractivity contribution in [3.8, 4) is 17.6 Å². The molecule has 0 aliphatic heterocycles. The minimum Gasteiger partial charge on any atom is -0.456 e. The Kier molecular flexibility index (Phi) is 6.43. The SMILES string of the molecule is N#CCOC(=O)Cc1cc(Oc2ccc(C(F)(F)F)cc2Cl)ccc1[N+](=O)[O-]. The molecule has 0 saturated heterocycles. The Labute approximate surface area is 161 Å². The third-order valence-corrected chi connectivity index (χ3v) is 3.66. The summed E-state index contributed by atoms with van der Waals surface area (Å²) >= 11 is 5.81. The van der Waals surface area contributed by atoms with Gasteiger partial charge in [-0.05, 0) is 30.3 Å². The fourth-order valence-electron chi connectivity index (χ4n) is 2.15. The maximum Gasteiger partial charge on any atom is 0.416 e. The van der Waals surface area contributed by atoms with Gasteiger partial charge >= 0.3 is 12.1 Å². The molecule has 28 heavy (non-hydrogen) atoms. The Hall–Kier alpha value is -3.32. The van der Waals surface area contributed by atoms with Gasteiger partial charge < -0.3 is 9.47 Å². The number of alkyl halides is 3. The Morgan fingerprint density at radius 3 is 2.54 bits per heavy atom. The number of hydrogen-bond acceptors (Lipinski definition) is 6. The Morgan fingerprint density at radius 2 is 1.96 bits per heavy atom. The average Bonchev–Trinajstić information content (AvgIpc) is 2.60. The molecule has 2 aromatic carbocycles. The molecule has 0 aromatic heterocycles. The fourth-order valence-corrected chi connectivity index (χ4v) is 2.37. The maximum absolute atomic E-state index is 12.7. The minimum absolute atomic E-state index is 0.00958. The number of nitro benzene ring substituents is 1. The largest absolute Gasteiger partial charge is 0.456 e. The van der Waals surface area contributed by atoms with Gasteiger partial charge in [0, 0.05) is 11.6 Å². The molecule has 0 aliphatic carbocycles. The number of nitrogens with zero attached hydrogens (tertiary/aromatic N) is 2. The van der Waals surface area contributed by atoms with E-state index in [1.165, 1.54) is 12.1 Å². The van der Waals surface area contributed by atoms with Crippen LogP contribution < -0.4 is 4.74 Å². The molecule has 0 N–H and O–H groups in total. The molecule has 2 rings (SSSR count). The predicted octanol–water partition coefficient (Wildman–Crippen LogP) is 4.67. The molecule has 0 saturated carbocycles. The van der Waals surface area contributed by atoms with E-state index in [2.05, 4.69) is 4.74 Å². The van der Waals surface area contributed by atoms with Crippen LogP contribution in [-0.4, -0.2) is 17.5 Å². The van der Waals surface area contributed by atoms with Crippen LogP contribution in [0.25, 0.3) is 0 Å². The van der Waals surface area contributed by atoms with Gasteiger partial charge in [-0.1, -0.05) is 11.6 Å². The van der Waals surface area contributed by atoms with Crippen molar-refractivity contribution in [3.63, 3.8) is 0 Å². The number of nitriles is 1. The lowest BCUT2D eigenvalue weighted by Crippen LogP contribution is -2.09. The lowest BCUT2D eigenvalue weighted by molar-refractivity contribution is -0.385. The van der Waals surface area contributed by atoms with Crippen molar-refractivity contribution >= 4 is 23.3 Å². The Balaban J connectivity index is 2.29. The lowest BCUT2D eigenvalue weighted by atomic mass is 10.1. The van der Waals surface area contributed by atoms with Crippen molar-refractivity contribution in [1.82, 2.24) is 0 Å². The summed E-state index contributed by atoms with van der Waals surface area (Å²) in [6, 6.07) is 7.49. The zero-order valence-electron chi connectivity index (χ0n) is 13.8. The van der Waals surface area contributed by atoms with Crippen LogP contribution in [0.1, 0.15) is 11.1 Å². The summed E-state index contributed by atoms with van der Waals surface area (Å²) < 4.78 is 48.0. The molecule has 0 heterocycles. The van der Waals surface area contributed by atoms with Crippen molar-refractivity contribution in [3.05, 3.63) is 62.7 Å². The van der Waals surface area contributed by atoms with Gasteiger partial charge in [-0.15, -0.1) is 0 Å². The van der Waals surface area contributed by atoms with Crippen LogP contribution in [-0.2, 0) is 22.1 Å². The molecule has 0 amide bonds. The third-order valence-electron chi connectivity index (χ3n) is 3.37. The summed E-state index contributed by atoms with van der Waals surface area (Å²) in [5.74, 6) is -0.966. The highest BCUT2D eigenvalue weighted by Crippen LogP contribution is 2.37. The molecule has 7 nitrogen and oxygen atoms in total. The predicted molar refractivity (Wildman–Crippen MR) is 89.9 cm³/mol. The summed E-state index contributed by atoms with van der Waals surface area (Å²) in [6.45, 7) is -0.510. The highest BCUT2D eigenvalue weighted by molar-refractivity contribution is 6.32. The molecule has 0 spiro atoms. The van der Waals surface area contributed by atoms with Crippen molar-refractivity contribution in [2.75, 3.05) is 6.61 Å². The summed E-state index contributed by atoms with van der Waals surface area (Å²) in [4.78, 5) is 22.0. The number of hydrogen-bond donors (Lipinski definition) is 0. The highest BCUT2D eigenvalue weighted by atomic mass is 35.5. The smallest absolute Gasteiger partial charge is 0.416 e. The topological polar surface area (TPSA) is 102 Å². The molecule has 11 heteroatoms. The van der Waals surface area contributed by atoms with Crippen LogP contribution in [0.15, 0.2) is 36.4 Å². The van der Waals surface area contributed by atoms with Gasteiger partial charge in [0.15, 0.2) is 6.61 Å². The summed E-state index contributed by atoms with van der Waals surface area (Å²) in [6.07, 6.45) is -5.08. The molecule has 0 radical (unpaired) electrons. The van der Waals surface area contributed by atoms with E-state index in [0.29, 0.717) is 6.07 Å². The first-order valence-corrected chi connectivity index (χ1v) is 7.84. The van der Waals surface area contributed by atoms with Gasteiger partial charge in [-0.2, -0.15) is 18.4 Å². The Morgan fingerprint density at radius 1 is 1.25 bits per heavy atom. The molecule has 0 bridgehead atoms. The van der Waals surface area contributed by atoms with Crippen LogP contribution in [0, 0.1) is 21.4 Å². The second-order valence-electron chi connectivity index (χ2n) is 5.29. The van der Waals surface area contributed by atoms with E-state index in [0.717, 1.165) is 18.2 Å². The van der Waals surface area contributed by atoms with Crippen LogP contribution in [0.2, 0.25) is 5.02 Å². The fraction of sp³-hybridized carbons (Fsp3) is 0.176. The number of carbonyl (C=O) groups is 1. The van der Waals surface area contributed by atoms with Crippen LogP contribution in [0.4, 0.5) is 18.9 Å². The molecule has 146 valence electrons. The van der Waals surface area contributed by atoms with E-state index in [1.807, 2.05) is 0 Å². The number of benzene rings is 2. The summed E-state index contributed by atoms with van der Waals surface area (Å²) in [5, 5.41) is 19.2. The van der Waals surface area contributed by atoms with Gasteiger partial charge in [0.1, 0.15) is 17.6 Å². The number of ether oxygens (including phenoxy) is 2. The van der Waals surface area contributed by atoms with Gasteiger partial charge in [0.25, 0.3) is 5.69 Å². The number of esters is 1. The number of halogens is 4. The molecular formula is C17H10ClF3N2O5. The zero-order chi connectivity index (χ0) is 20.9. The van der Waals surface area contributed by atoms with Crippen molar-refractivity contribution in [2.24, 2.45) is 0 Å². The van der Waals surface area contributed by atoms with Gasteiger partial charge in [0.2, 0.25) is 0 Å². The van der Waals surface area contributed by atoms with Crippen molar-refractivity contribution in [2.45, 2.75) is 12.6 Å². The minimum atomic E-state index is -4.58. The van der Waals surface area contributed by atoms with E-state index in [1.54, 1.807) is 6.07 Å². The van der Waals surface area contributed by atoms with Gasteiger partial charge in [-0.3, -0.25) is 14.9 Å².